The molecular weight excluding hydrogens is 292 g/mol. The van der Waals surface area contributed by atoms with Crippen LogP contribution in [0.15, 0.2) is 77.4 Å². The molecule has 1 aliphatic rings. The molecule has 1 unspecified atom stereocenters. The van der Waals surface area contributed by atoms with E-state index in [2.05, 4.69) is 10.3 Å². The van der Waals surface area contributed by atoms with Crippen molar-refractivity contribution in [2.75, 3.05) is 0 Å². The zero-order valence-electron chi connectivity index (χ0n) is 12.3. The van der Waals surface area contributed by atoms with Crippen LogP contribution in [0.3, 0.4) is 0 Å². The van der Waals surface area contributed by atoms with Gasteiger partial charge in [0, 0.05) is 11.8 Å². The normalized spacial score (nSPS) is 20.0. The SMILES string of the molecule is NC(=O)C1=CNC(c2ccccc2)=NC1(N)Oc1ccccc1. The number of rotatable bonds is 4. The zero-order valence-corrected chi connectivity index (χ0v) is 12.3. The van der Waals surface area contributed by atoms with E-state index in [1.807, 2.05) is 36.4 Å². The van der Waals surface area contributed by atoms with Crippen LogP contribution in [0.2, 0.25) is 0 Å². The molecule has 0 saturated carbocycles. The van der Waals surface area contributed by atoms with Gasteiger partial charge >= 0.3 is 0 Å². The predicted molar refractivity (Wildman–Crippen MR) is 87.4 cm³/mol. The first-order chi connectivity index (χ1) is 11.1. The number of hydrogen-bond donors (Lipinski definition) is 3. The number of para-hydroxylation sites is 1. The van der Waals surface area contributed by atoms with Gasteiger partial charge in [-0.2, -0.15) is 0 Å². The van der Waals surface area contributed by atoms with Crippen molar-refractivity contribution >= 4 is 11.7 Å². The van der Waals surface area contributed by atoms with Crippen molar-refractivity contribution in [1.82, 2.24) is 5.32 Å². The van der Waals surface area contributed by atoms with Crippen LogP contribution in [-0.4, -0.2) is 17.6 Å². The molecule has 5 N–H and O–H groups in total. The Morgan fingerprint density at radius 2 is 1.65 bits per heavy atom. The Morgan fingerprint density at radius 1 is 1.04 bits per heavy atom. The van der Waals surface area contributed by atoms with E-state index in [4.69, 9.17) is 16.2 Å². The number of nitrogens with zero attached hydrogens (tertiary/aromatic N) is 1. The minimum atomic E-state index is -1.69. The van der Waals surface area contributed by atoms with Crippen LogP contribution >= 0.6 is 0 Å². The second-order valence-electron chi connectivity index (χ2n) is 5.00. The highest BCUT2D eigenvalue weighted by molar-refractivity contribution is 6.03. The largest absolute Gasteiger partial charge is 0.449 e. The fourth-order valence-corrected chi connectivity index (χ4v) is 2.24. The summed E-state index contributed by atoms with van der Waals surface area (Å²) in [4.78, 5) is 16.1. The first-order valence-corrected chi connectivity index (χ1v) is 7.04. The van der Waals surface area contributed by atoms with Gasteiger partial charge in [0.25, 0.3) is 11.8 Å². The van der Waals surface area contributed by atoms with E-state index in [9.17, 15) is 4.79 Å². The maximum absolute atomic E-state index is 11.7. The molecule has 1 atom stereocenters. The molecular formula is C17H16N4O2. The van der Waals surface area contributed by atoms with Crippen molar-refractivity contribution in [3.63, 3.8) is 0 Å². The van der Waals surface area contributed by atoms with Crippen molar-refractivity contribution in [1.29, 1.82) is 0 Å². The maximum Gasteiger partial charge on any atom is 0.291 e. The Bertz CT molecular complexity index is 772. The van der Waals surface area contributed by atoms with Crippen molar-refractivity contribution < 1.29 is 9.53 Å². The summed E-state index contributed by atoms with van der Waals surface area (Å²) in [6.07, 6.45) is 1.43. The molecule has 1 heterocycles. The summed E-state index contributed by atoms with van der Waals surface area (Å²) in [5, 5.41) is 2.93. The van der Waals surface area contributed by atoms with Gasteiger partial charge in [-0.3, -0.25) is 10.5 Å². The van der Waals surface area contributed by atoms with E-state index in [0.717, 1.165) is 5.56 Å². The molecule has 1 aliphatic heterocycles. The fourth-order valence-electron chi connectivity index (χ4n) is 2.24. The number of nitrogens with one attached hydrogen (secondary N) is 1. The molecule has 116 valence electrons. The smallest absolute Gasteiger partial charge is 0.291 e. The first-order valence-electron chi connectivity index (χ1n) is 7.04. The lowest BCUT2D eigenvalue weighted by atomic mass is 10.1. The third-order valence-corrected chi connectivity index (χ3v) is 3.35. The van der Waals surface area contributed by atoms with Crippen LogP contribution in [0.1, 0.15) is 5.56 Å². The van der Waals surface area contributed by atoms with E-state index in [0.29, 0.717) is 11.6 Å². The van der Waals surface area contributed by atoms with Gasteiger partial charge in [-0.15, -0.1) is 0 Å². The summed E-state index contributed by atoms with van der Waals surface area (Å²) in [6, 6.07) is 18.3. The van der Waals surface area contributed by atoms with E-state index in [1.54, 1.807) is 24.3 Å². The number of amidine groups is 1. The zero-order chi connectivity index (χ0) is 16.3. The molecule has 6 nitrogen and oxygen atoms in total. The molecule has 2 aromatic carbocycles. The summed E-state index contributed by atoms with van der Waals surface area (Å²) >= 11 is 0. The van der Waals surface area contributed by atoms with Gasteiger partial charge in [-0.1, -0.05) is 48.5 Å². The minimum Gasteiger partial charge on any atom is -0.449 e. The molecule has 0 bridgehead atoms. The molecule has 0 fully saturated rings. The number of hydrogen-bond acceptors (Lipinski definition) is 5. The highest BCUT2D eigenvalue weighted by atomic mass is 16.5. The van der Waals surface area contributed by atoms with Crippen molar-refractivity contribution in [2.24, 2.45) is 16.5 Å². The van der Waals surface area contributed by atoms with Crippen molar-refractivity contribution in [2.45, 2.75) is 5.85 Å². The average molecular weight is 308 g/mol. The average Bonchev–Trinajstić information content (AvgIpc) is 2.55. The Balaban J connectivity index is 2.00. The Morgan fingerprint density at radius 3 is 2.26 bits per heavy atom. The summed E-state index contributed by atoms with van der Waals surface area (Å²) in [7, 11) is 0. The van der Waals surface area contributed by atoms with Gasteiger partial charge in [0.1, 0.15) is 17.2 Å². The number of primary amides is 1. The molecule has 6 heteroatoms. The van der Waals surface area contributed by atoms with Gasteiger partial charge in [-0.25, -0.2) is 4.99 Å². The molecule has 3 rings (SSSR count). The first kappa shape index (κ1) is 14.8. The Kier molecular flexibility index (Phi) is 3.82. The van der Waals surface area contributed by atoms with Gasteiger partial charge in [0.05, 0.1) is 0 Å². The topological polar surface area (TPSA) is 103 Å². The Labute approximate surface area is 133 Å². The molecule has 0 aromatic heterocycles. The van der Waals surface area contributed by atoms with Crippen LogP contribution in [0, 0.1) is 0 Å². The molecule has 2 aromatic rings. The van der Waals surface area contributed by atoms with Crippen LogP contribution in [0.25, 0.3) is 0 Å². The Hall–Kier alpha value is -3.12. The monoisotopic (exact) mass is 308 g/mol. The van der Waals surface area contributed by atoms with Gasteiger partial charge in [0.2, 0.25) is 0 Å². The number of ether oxygens (including phenoxy) is 1. The predicted octanol–water partition coefficient (Wildman–Crippen LogP) is 1.10. The van der Waals surface area contributed by atoms with E-state index < -0.39 is 11.8 Å². The third-order valence-electron chi connectivity index (χ3n) is 3.35. The van der Waals surface area contributed by atoms with Crippen molar-refractivity contribution in [3.8, 4) is 5.75 Å². The maximum atomic E-state index is 11.7. The molecule has 23 heavy (non-hydrogen) atoms. The number of carbonyl (C=O) groups excluding carboxylic acids is 1. The number of aliphatic imine (C=N–C) groups is 1. The van der Waals surface area contributed by atoms with E-state index >= 15 is 0 Å². The second-order valence-corrected chi connectivity index (χ2v) is 5.00. The molecule has 0 saturated heterocycles. The molecule has 0 aliphatic carbocycles. The molecule has 1 amide bonds. The van der Waals surface area contributed by atoms with Gasteiger partial charge < -0.3 is 15.8 Å². The van der Waals surface area contributed by atoms with Crippen LogP contribution in [0.5, 0.6) is 5.75 Å². The fraction of sp³-hybridized carbons (Fsp3) is 0.0588. The molecule has 0 spiro atoms. The highest BCUT2D eigenvalue weighted by Gasteiger charge is 2.38. The van der Waals surface area contributed by atoms with Gasteiger partial charge in [-0.05, 0) is 12.1 Å². The highest BCUT2D eigenvalue weighted by Crippen LogP contribution is 2.24. The number of amides is 1. The lowest BCUT2D eigenvalue weighted by Gasteiger charge is -2.31. The lowest BCUT2D eigenvalue weighted by molar-refractivity contribution is -0.116. The van der Waals surface area contributed by atoms with Gasteiger partial charge in [0.15, 0.2) is 0 Å². The van der Waals surface area contributed by atoms with Crippen molar-refractivity contribution in [3.05, 3.63) is 78.0 Å². The van der Waals surface area contributed by atoms with E-state index in [1.165, 1.54) is 6.20 Å². The number of benzene rings is 2. The van der Waals surface area contributed by atoms with Crippen LogP contribution in [0.4, 0.5) is 0 Å². The second kappa shape index (κ2) is 5.94. The standard InChI is InChI=1S/C17H16N4O2/c18-15(22)14-11-20-16(12-7-3-1-4-8-12)21-17(14,19)23-13-9-5-2-6-10-13/h1-11H,19H2,(H2,18,22)(H,20,21). The van der Waals surface area contributed by atoms with Crippen LogP contribution in [-0.2, 0) is 4.79 Å². The third kappa shape index (κ3) is 3.07. The van der Waals surface area contributed by atoms with Crippen LogP contribution < -0.4 is 21.5 Å². The minimum absolute atomic E-state index is 0.0426. The summed E-state index contributed by atoms with van der Waals surface area (Å²) in [6.45, 7) is 0. The lowest BCUT2D eigenvalue weighted by Crippen LogP contribution is -2.53. The summed E-state index contributed by atoms with van der Waals surface area (Å²) in [5.74, 6) is -1.41. The number of carbonyl (C=O) groups is 1. The summed E-state index contributed by atoms with van der Waals surface area (Å²) in [5.41, 5.74) is 12.5. The quantitative estimate of drug-likeness (QED) is 0.736. The molecule has 0 radical (unpaired) electrons. The summed E-state index contributed by atoms with van der Waals surface area (Å²) < 4.78 is 5.75. The number of nitrogens with two attached hydrogens (primary N) is 2. The van der Waals surface area contributed by atoms with E-state index in [-0.39, 0.29) is 5.57 Å².